The number of nitrogens with one attached hydrogen (secondary N) is 2. The molecule has 0 aromatic heterocycles. The predicted octanol–water partition coefficient (Wildman–Crippen LogP) is 5.98. The van der Waals surface area contributed by atoms with Gasteiger partial charge in [0, 0.05) is 11.6 Å². The van der Waals surface area contributed by atoms with Crippen molar-refractivity contribution in [3.8, 4) is 11.5 Å². The largest absolute Gasteiger partial charge is 0.507 e. The fraction of sp³-hybridized carbons (Fsp3) is 0.174. The normalized spacial score (nSPS) is 11.2. The highest BCUT2D eigenvalue weighted by Gasteiger charge is 2.31. The summed E-state index contributed by atoms with van der Waals surface area (Å²) in [4.78, 5) is 12.6. The molecule has 3 aromatic carbocycles. The van der Waals surface area contributed by atoms with E-state index in [1.807, 2.05) is 24.3 Å². The first-order chi connectivity index (χ1) is 15.2. The van der Waals surface area contributed by atoms with Gasteiger partial charge in [0.25, 0.3) is 5.91 Å². The van der Waals surface area contributed by atoms with Crippen molar-refractivity contribution in [1.29, 1.82) is 0 Å². The second-order valence-electron chi connectivity index (χ2n) is 6.86. The van der Waals surface area contributed by atoms with Crippen LogP contribution in [0.2, 0.25) is 5.02 Å². The first-order valence-corrected chi connectivity index (χ1v) is 9.93. The van der Waals surface area contributed by atoms with Crippen LogP contribution in [0.25, 0.3) is 0 Å². The van der Waals surface area contributed by atoms with Gasteiger partial charge in [-0.2, -0.15) is 13.2 Å². The van der Waals surface area contributed by atoms with Gasteiger partial charge in [0.05, 0.1) is 29.6 Å². The molecule has 0 aliphatic rings. The number of hydrogen-bond acceptors (Lipinski definition) is 4. The quantitative estimate of drug-likeness (QED) is 0.402. The lowest BCUT2D eigenvalue weighted by Crippen LogP contribution is -2.16. The van der Waals surface area contributed by atoms with Crippen molar-refractivity contribution in [3.05, 3.63) is 82.4 Å². The highest BCUT2D eigenvalue weighted by atomic mass is 35.5. The van der Waals surface area contributed by atoms with E-state index in [1.54, 1.807) is 7.11 Å². The van der Waals surface area contributed by atoms with E-state index < -0.39 is 17.6 Å². The number of halogens is 4. The van der Waals surface area contributed by atoms with Crippen LogP contribution in [0.3, 0.4) is 0 Å². The topological polar surface area (TPSA) is 70.6 Å². The number of aromatic hydroxyl groups is 1. The van der Waals surface area contributed by atoms with E-state index in [0.717, 1.165) is 17.7 Å². The van der Waals surface area contributed by atoms with Gasteiger partial charge >= 0.3 is 6.18 Å². The van der Waals surface area contributed by atoms with E-state index in [4.69, 9.17) is 16.3 Å². The Balaban J connectivity index is 1.84. The first kappa shape index (κ1) is 23.3. The monoisotopic (exact) mass is 464 g/mol. The van der Waals surface area contributed by atoms with Crippen LogP contribution in [0.15, 0.2) is 60.7 Å². The molecule has 0 fully saturated rings. The highest BCUT2D eigenvalue weighted by molar-refractivity contribution is 6.31. The van der Waals surface area contributed by atoms with Gasteiger partial charge in [-0.05, 0) is 54.4 Å². The molecule has 32 heavy (non-hydrogen) atoms. The van der Waals surface area contributed by atoms with Crippen molar-refractivity contribution in [2.75, 3.05) is 24.3 Å². The van der Waals surface area contributed by atoms with Crippen LogP contribution in [0.4, 0.5) is 24.5 Å². The van der Waals surface area contributed by atoms with Crippen molar-refractivity contribution >= 4 is 28.9 Å². The van der Waals surface area contributed by atoms with E-state index in [1.165, 1.54) is 24.3 Å². The molecule has 1 amide bonds. The Morgan fingerprint density at radius 3 is 2.53 bits per heavy atom. The zero-order chi connectivity index (χ0) is 23.3. The minimum absolute atomic E-state index is 0.0794. The number of benzene rings is 3. The van der Waals surface area contributed by atoms with Crippen molar-refractivity contribution in [3.63, 3.8) is 0 Å². The Bertz CT molecular complexity index is 1120. The summed E-state index contributed by atoms with van der Waals surface area (Å²) in [5, 5.41) is 15.6. The molecule has 3 N–H and O–H groups in total. The van der Waals surface area contributed by atoms with Crippen molar-refractivity contribution in [2.24, 2.45) is 0 Å². The number of phenolic OH excluding ortho intramolecular Hbond substituents is 1. The Labute approximate surface area is 187 Å². The van der Waals surface area contributed by atoms with E-state index in [-0.39, 0.29) is 22.0 Å². The number of hydrogen-bond donors (Lipinski definition) is 3. The van der Waals surface area contributed by atoms with Crippen LogP contribution >= 0.6 is 11.6 Å². The maximum absolute atomic E-state index is 13.2. The molecular formula is C23H20ClF3N2O3. The lowest BCUT2D eigenvalue weighted by Gasteiger charge is -2.17. The summed E-state index contributed by atoms with van der Waals surface area (Å²) >= 11 is 5.87. The zero-order valence-electron chi connectivity index (χ0n) is 17.0. The number of alkyl halides is 3. The van der Waals surface area contributed by atoms with E-state index >= 15 is 0 Å². The molecule has 0 radical (unpaired) electrons. The number of amides is 1. The summed E-state index contributed by atoms with van der Waals surface area (Å²) in [6.45, 7) is 0.372. The lowest BCUT2D eigenvalue weighted by molar-refractivity contribution is -0.137. The molecule has 0 saturated heterocycles. The Morgan fingerprint density at radius 1 is 1.06 bits per heavy atom. The molecule has 0 bridgehead atoms. The van der Waals surface area contributed by atoms with Gasteiger partial charge in [0.15, 0.2) is 0 Å². The fourth-order valence-electron chi connectivity index (χ4n) is 3.10. The highest BCUT2D eigenvalue weighted by Crippen LogP contribution is 2.35. The average molecular weight is 465 g/mol. The smallest absolute Gasteiger partial charge is 0.416 e. The number of carbonyl (C=O) groups is 1. The molecule has 3 aromatic rings. The van der Waals surface area contributed by atoms with Crippen LogP contribution in [0.1, 0.15) is 21.5 Å². The van der Waals surface area contributed by atoms with E-state index in [2.05, 4.69) is 10.6 Å². The number of rotatable bonds is 7. The van der Waals surface area contributed by atoms with Gasteiger partial charge in [0.2, 0.25) is 0 Å². The number of anilines is 2. The molecule has 3 rings (SSSR count). The number of methoxy groups -OCH3 is 1. The molecule has 0 heterocycles. The van der Waals surface area contributed by atoms with Crippen molar-refractivity contribution in [1.82, 2.24) is 0 Å². The molecule has 0 unspecified atom stereocenters. The van der Waals surface area contributed by atoms with Gasteiger partial charge in [-0.25, -0.2) is 0 Å². The Morgan fingerprint density at radius 2 is 1.81 bits per heavy atom. The number of phenols is 1. The number of para-hydroxylation sites is 1. The lowest BCUT2D eigenvalue weighted by atomic mass is 10.1. The average Bonchev–Trinajstić information content (AvgIpc) is 2.76. The molecule has 0 spiro atoms. The molecule has 0 aliphatic heterocycles. The minimum Gasteiger partial charge on any atom is -0.507 e. The van der Waals surface area contributed by atoms with Gasteiger partial charge in [0.1, 0.15) is 11.5 Å². The van der Waals surface area contributed by atoms with Gasteiger partial charge in [-0.15, -0.1) is 0 Å². The van der Waals surface area contributed by atoms with Crippen LogP contribution in [0, 0.1) is 0 Å². The zero-order valence-corrected chi connectivity index (χ0v) is 17.7. The SMILES string of the molecule is COc1ccccc1CCNc1ccc(C(F)(F)F)cc1NC(=O)c1cc(Cl)ccc1O. The summed E-state index contributed by atoms with van der Waals surface area (Å²) in [6.07, 6.45) is -4.05. The second kappa shape index (κ2) is 9.82. The summed E-state index contributed by atoms with van der Waals surface area (Å²) in [7, 11) is 1.56. The van der Waals surface area contributed by atoms with Gasteiger partial charge in [-0.1, -0.05) is 29.8 Å². The number of carbonyl (C=O) groups excluding carboxylic acids is 1. The van der Waals surface area contributed by atoms with Gasteiger partial charge in [-0.3, -0.25) is 4.79 Å². The summed E-state index contributed by atoms with van der Waals surface area (Å²) in [6, 6.07) is 14.3. The standard InChI is InChI=1S/C23H20ClF3N2O3/c1-32-21-5-3-2-4-14(21)10-11-28-18-8-6-15(23(25,26)27)12-19(18)29-22(31)17-13-16(24)7-9-20(17)30/h2-9,12-13,28,30H,10-11H2,1H3,(H,29,31). The summed E-state index contributed by atoms with van der Waals surface area (Å²) in [5.41, 5.74) is 0.0594. The van der Waals surface area contributed by atoms with Crippen molar-refractivity contribution in [2.45, 2.75) is 12.6 Å². The third-order valence-electron chi connectivity index (χ3n) is 4.70. The summed E-state index contributed by atoms with van der Waals surface area (Å²) < 4.78 is 45.0. The molecule has 168 valence electrons. The minimum atomic E-state index is -4.59. The van der Waals surface area contributed by atoms with E-state index in [9.17, 15) is 23.1 Å². The molecule has 0 aliphatic carbocycles. The third-order valence-corrected chi connectivity index (χ3v) is 4.94. The second-order valence-corrected chi connectivity index (χ2v) is 7.30. The van der Waals surface area contributed by atoms with Crippen LogP contribution in [-0.4, -0.2) is 24.7 Å². The molecular weight excluding hydrogens is 445 g/mol. The van der Waals surface area contributed by atoms with Crippen LogP contribution < -0.4 is 15.4 Å². The van der Waals surface area contributed by atoms with Crippen LogP contribution in [-0.2, 0) is 12.6 Å². The fourth-order valence-corrected chi connectivity index (χ4v) is 3.27. The molecule has 9 heteroatoms. The Hall–Kier alpha value is -3.39. The molecule has 0 atom stereocenters. The number of ether oxygens (including phenoxy) is 1. The molecule has 5 nitrogen and oxygen atoms in total. The van der Waals surface area contributed by atoms with Crippen molar-refractivity contribution < 1.29 is 27.8 Å². The summed E-state index contributed by atoms with van der Waals surface area (Å²) in [5.74, 6) is -0.437. The third kappa shape index (κ3) is 5.64. The predicted molar refractivity (Wildman–Crippen MR) is 118 cm³/mol. The maximum atomic E-state index is 13.2. The van der Waals surface area contributed by atoms with Gasteiger partial charge < -0.3 is 20.5 Å². The Kier molecular flexibility index (Phi) is 7.15. The van der Waals surface area contributed by atoms with E-state index in [0.29, 0.717) is 24.4 Å². The maximum Gasteiger partial charge on any atom is 0.416 e. The first-order valence-electron chi connectivity index (χ1n) is 9.56. The van der Waals surface area contributed by atoms with Crippen LogP contribution in [0.5, 0.6) is 11.5 Å². The molecule has 0 saturated carbocycles.